The Bertz CT molecular complexity index is 817. The van der Waals surface area contributed by atoms with E-state index < -0.39 is 5.91 Å². The van der Waals surface area contributed by atoms with Gasteiger partial charge in [-0.2, -0.15) is 0 Å². The van der Waals surface area contributed by atoms with Gasteiger partial charge in [0.1, 0.15) is 5.56 Å². The number of aromatic nitrogens is 3. The summed E-state index contributed by atoms with van der Waals surface area (Å²) in [5.74, 6) is -0.493. The molecule has 0 unspecified atom stereocenters. The predicted molar refractivity (Wildman–Crippen MR) is 74.1 cm³/mol. The minimum absolute atomic E-state index is 0.00348. The fraction of sp³-hybridized carbons (Fsp3) is 0.0909. The molecular formula is C11H8N4O2S2. The van der Waals surface area contributed by atoms with Crippen LogP contribution in [0, 0.1) is 6.92 Å². The molecule has 3 aromatic rings. The highest BCUT2D eigenvalue weighted by Crippen LogP contribution is 2.17. The molecule has 3 aromatic heterocycles. The Morgan fingerprint density at radius 2 is 2.21 bits per heavy atom. The summed E-state index contributed by atoms with van der Waals surface area (Å²) in [5, 5.41) is 4.81. The van der Waals surface area contributed by atoms with Crippen LogP contribution in [0.25, 0.3) is 4.96 Å². The molecular weight excluding hydrogens is 284 g/mol. The molecule has 0 aliphatic heterocycles. The molecule has 1 N–H and O–H groups in total. The molecule has 96 valence electrons. The molecule has 8 heteroatoms. The van der Waals surface area contributed by atoms with Gasteiger partial charge in [-0.15, -0.1) is 22.7 Å². The van der Waals surface area contributed by atoms with Crippen LogP contribution in [-0.4, -0.2) is 20.3 Å². The standard InChI is InChI=1S/C11H8N4O2S2/c1-6-4-12-10(19-6)14-8(16)7-5-13-11-15(9(7)17)2-3-18-11/h2-5H,1H3,(H,12,14,16). The highest BCUT2D eigenvalue weighted by atomic mass is 32.1. The van der Waals surface area contributed by atoms with Crippen LogP contribution in [0.1, 0.15) is 15.2 Å². The second kappa shape index (κ2) is 4.56. The number of fused-ring (bicyclic) bond motifs is 1. The van der Waals surface area contributed by atoms with E-state index in [1.807, 2.05) is 6.92 Å². The van der Waals surface area contributed by atoms with Crippen molar-refractivity contribution in [1.29, 1.82) is 0 Å². The molecule has 3 heterocycles. The lowest BCUT2D eigenvalue weighted by Gasteiger charge is -2.01. The van der Waals surface area contributed by atoms with Crippen molar-refractivity contribution in [3.63, 3.8) is 0 Å². The Morgan fingerprint density at radius 3 is 2.95 bits per heavy atom. The number of carbonyl (C=O) groups is 1. The monoisotopic (exact) mass is 292 g/mol. The zero-order chi connectivity index (χ0) is 13.4. The summed E-state index contributed by atoms with van der Waals surface area (Å²) in [6.07, 6.45) is 4.55. The van der Waals surface area contributed by atoms with Crippen LogP contribution in [0.2, 0.25) is 0 Å². The zero-order valence-electron chi connectivity index (χ0n) is 9.78. The molecule has 3 rings (SSSR count). The summed E-state index contributed by atoms with van der Waals surface area (Å²) < 4.78 is 1.35. The first-order chi connectivity index (χ1) is 9.15. The topological polar surface area (TPSA) is 76.4 Å². The van der Waals surface area contributed by atoms with Crippen molar-refractivity contribution in [2.45, 2.75) is 6.92 Å². The van der Waals surface area contributed by atoms with Crippen LogP contribution in [0.4, 0.5) is 5.13 Å². The van der Waals surface area contributed by atoms with E-state index >= 15 is 0 Å². The number of hydrogen-bond donors (Lipinski definition) is 1. The number of rotatable bonds is 2. The van der Waals surface area contributed by atoms with Crippen LogP contribution in [0.3, 0.4) is 0 Å². The SMILES string of the molecule is Cc1cnc(NC(=O)c2cnc3sccn3c2=O)s1. The van der Waals surface area contributed by atoms with Crippen LogP contribution in [-0.2, 0) is 0 Å². The third kappa shape index (κ3) is 2.15. The van der Waals surface area contributed by atoms with E-state index in [2.05, 4.69) is 15.3 Å². The number of nitrogens with one attached hydrogen (secondary N) is 1. The second-order valence-corrected chi connectivity index (χ2v) is 5.87. The molecule has 19 heavy (non-hydrogen) atoms. The molecule has 0 saturated heterocycles. The average molecular weight is 292 g/mol. The first-order valence-corrected chi connectivity index (χ1v) is 7.03. The summed E-state index contributed by atoms with van der Waals surface area (Å²) in [4.78, 5) is 33.7. The Morgan fingerprint density at radius 1 is 1.37 bits per heavy atom. The highest BCUT2D eigenvalue weighted by Gasteiger charge is 2.15. The normalized spacial score (nSPS) is 10.8. The van der Waals surface area contributed by atoms with E-state index in [1.165, 1.54) is 33.3 Å². The first kappa shape index (κ1) is 12.0. The summed E-state index contributed by atoms with van der Waals surface area (Å²) in [5.41, 5.74) is -0.374. The van der Waals surface area contributed by atoms with Crippen molar-refractivity contribution in [3.8, 4) is 0 Å². The van der Waals surface area contributed by atoms with Crippen molar-refractivity contribution in [2.24, 2.45) is 0 Å². The molecule has 0 aliphatic carbocycles. The third-order valence-electron chi connectivity index (χ3n) is 2.43. The molecule has 0 atom stereocenters. The lowest BCUT2D eigenvalue weighted by Crippen LogP contribution is -2.25. The van der Waals surface area contributed by atoms with Crippen molar-refractivity contribution in [1.82, 2.24) is 14.4 Å². The maximum atomic E-state index is 12.1. The van der Waals surface area contributed by atoms with Crippen LogP contribution in [0.15, 0.2) is 28.8 Å². The smallest absolute Gasteiger partial charge is 0.271 e. The lowest BCUT2D eigenvalue weighted by atomic mass is 10.3. The number of nitrogens with zero attached hydrogens (tertiary/aromatic N) is 3. The van der Waals surface area contributed by atoms with Crippen molar-refractivity contribution in [2.75, 3.05) is 5.32 Å². The Kier molecular flexibility index (Phi) is 2.88. The van der Waals surface area contributed by atoms with Crippen molar-refractivity contribution in [3.05, 3.63) is 44.8 Å². The first-order valence-electron chi connectivity index (χ1n) is 5.34. The molecule has 0 aromatic carbocycles. The largest absolute Gasteiger partial charge is 0.298 e. The van der Waals surface area contributed by atoms with Gasteiger partial charge < -0.3 is 0 Å². The second-order valence-electron chi connectivity index (χ2n) is 3.76. The van der Waals surface area contributed by atoms with E-state index in [0.29, 0.717) is 10.1 Å². The van der Waals surface area contributed by atoms with E-state index in [0.717, 1.165) is 4.88 Å². The van der Waals surface area contributed by atoms with Gasteiger partial charge in [-0.1, -0.05) is 0 Å². The lowest BCUT2D eigenvalue weighted by molar-refractivity contribution is 0.102. The Balaban J connectivity index is 1.97. The molecule has 1 amide bonds. The van der Waals surface area contributed by atoms with Gasteiger partial charge in [-0.3, -0.25) is 19.3 Å². The van der Waals surface area contributed by atoms with Gasteiger partial charge in [-0.05, 0) is 6.92 Å². The summed E-state index contributed by atoms with van der Waals surface area (Å²) in [6.45, 7) is 1.89. The number of aryl methyl sites for hydroxylation is 1. The zero-order valence-corrected chi connectivity index (χ0v) is 11.4. The molecule has 0 spiro atoms. The van der Waals surface area contributed by atoms with E-state index in [1.54, 1.807) is 17.8 Å². The van der Waals surface area contributed by atoms with E-state index in [9.17, 15) is 9.59 Å². The van der Waals surface area contributed by atoms with Crippen molar-refractivity contribution >= 4 is 38.7 Å². The fourth-order valence-electron chi connectivity index (χ4n) is 1.56. The van der Waals surface area contributed by atoms with Gasteiger partial charge in [0.05, 0.1) is 0 Å². The number of hydrogen-bond acceptors (Lipinski definition) is 6. The number of anilines is 1. The summed E-state index contributed by atoms with van der Waals surface area (Å²) >= 11 is 2.69. The summed E-state index contributed by atoms with van der Waals surface area (Å²) in [7, 11) is 0. The van der Waals surface area contributed by atoms with Gasteiger partial charge >= 0.3 is 0 Å². The quantitative estimate of drug-likeness (QED) is 0.781. The summed E-state index contributed by atoms with van der Waals surface area (Å²) in [6, 6.07) is 0. The highest BCUT2D eigenvalue weighted by molar-refractivity contribution is 7.15. The van der Waals surface area contributed by atoms with E-state index in [4.69, 9.17) is 0 Å². The Hall–Kier alpha value is -2.06. The minimum atomic E-state index is -0.493. The minimum Gasteiger partial charge on any atom is -0.298 e. The van der Waals surface area contributed by atoms with Gasteiger partial charge in [0.2, 0.25) is 0 Å². The van der Waals surface area contributed by atoms with Crippen LogP contribution in [0.5, 0.6) is 0 Å². The molecule has 0 radical (unpaired) electrons. The number of carbonyl (C=O) groups excluding carboxylic acids is 1. The van der Waals surface area contributed by atoms with Crippen LogP contribution >= 0.6 is 22.7 Å². The van der Waals surface area contributed by atoms with Gasteiger partial charge in [0, 0.05) is 28.8 Å². The molecule has 6 nitrogen and oxygen atoms in total. The average Bonchev–Trinajstić information content (AvgIpc) is 2.99. The number of thiazole rings is 2. The van der Waals surface area contributed by atoms with Gasteiger partial charge in [0.25, 0.3) is 11.5 Å². The Labute approximate surface area is 115 Å². The number of amides is 1. The maximum absolute atomic E-state index is 12.1. The van der Waals surface area contributed by atoms with Gasteiger partial charge in [0.15, 0.2) is 10.1 Å². The van der Waals surface area contributed by atoms with Gasteiger partial charge in [-0.25, -0.2) is 9.97 Å². The fourth-order valence-corrected chi connectivity index (χ4v) is 2.89. The van der Waals surface area contributed by atoms with E-state index in [-0.39, 0.29) is 11.1 Å². The third-order valence-corrected chi connectivity index (χ3v) is 4.03. The molecule has 0 saturated carbocycles. The molecule has 0 bridgehead atoms. The molecule has 0 fully saturated rings. The van der Waals surface area contributed by atoms with Crippen LogP contribution < -0.4 is 10.9 Å². The van der Waals surface area contributed by atoms with Crippen molar-refractivity contribution < 1.29 is 4.79 Å². The molecule has 0 aliphatic rings. The predicted octanol–water partition coefficient (Wildman–Crippen LogP) is 1.77. The maximum Gasteiger partial charge on any atom is 0.271 e.